The van der Waals surface area contributed by atoms with Gasteiger partial charge >= 0.3 is 0 Å². The van der Waals surface area contributed by atoms with Crippen molar-refractivity contribution in [2.75, 3.05) is 11.4 Å². The fraction of sp³-hybridized carbons (Fsp3) is 0.118. The van der Waals surface area contributed by atoms with Crippen LogP contribution >= 0.6 is 11.3 Å². The van der Waals surface area contributed by atoms with Crippen LogP contribution in [0.3, 0.4) is 0 Å². The number of hydrogen-bond acceptors (Lipinski definition) is 5. The molecule has 1 radical (unpaired) electrons. The number of thiazole rings is 1. The molecule has 0 aliphatic rings. The summed E-state index contributed by atoms with van der Waals surface area (Å²) in [5, 5.41) is 1.71. The van der Waals surface area contributed by atoms with E-state index in [0.29, 0.717) is 5.82 Å². The Morgan fingerprint density at radius 2 is 2.00 bits per heavy atom. The second-order valence-electron chi connectivity index (χ2n) is 4.93. The topological polar surface area (TPSA) is 59.5 Å². The van der Waals surface area contributed by atoms with Crippen molar-refractivity contribution in [2.24, 2.45) is 0 Å². The third-order valence-electron chi connectivity index (χ3n) is 3.41. The van der Waals surface area contributed by atoms with Crippen molar-refractivity contribution in [3.05, 3.63) is 71.1 Å². The first-order valence-corrected chi connectivity index (χ1v) is 9.50. The van der Waals surface area contributed by atoms with Crippen molar-refractivity contribution >= 4 is 27.2 Å². The molecular formula is C17H15N2O3S2. The summed E-state index contributed by atoms with van der Waals surface area (Å²) in [6.07, 6.45) is 0. The minimum atomic E-state index is -3.75. The van der Waals surface area contributed by atoms with Crippen molar-refractivity contribution < 1.29 is 13.2 Å². The highest BCUT2D eigenvalue weighted by atomic mass is 32.2. The number of methoxy groups -OCH3 is 1. The van der Waals surface area contributed by atoms with Gasteiger partial charge in [0.15, 0.2) is 5.82 Å². The van der Waals surface area contributed by atoms with E-state index in [1.165, 1.54) is 21.7 Å². The minimum Gasteiger partial charge on any atom is -0.497 e. The highest BCUT2D eigenvalue weighted by Gasteiger charge is 2.26. The molecule has 0 fully saturated rings. The van der Waals surface area contributed by atoms with Crippen LogP contribution in [0, 0.1) is 6.07 Å². The van der Waals surface area contributed by atoms with Crippen LogP contribution in [0.25, 0.3) is 0 Å². The van der Waals surface area contributed by atoms with Crippen molar-refractivity contribution in [1.82, 2.24) is 4.98 Å². The molecule has 0 atom stereocenters. The maximum Gasteiger partial charge on any atom is 0.266 e. The Morgan fingerprint density at radius 1 is 1.21 bits per heavy atom. The molecule has 2 aromatic carbocycles. The maximum absolute atomic E-state index is 13.0. The number of ether oxygens (including phenoxy) is 1. The number of sulfonamides is 1. The first kappa shape index (κ1) is 16.5. The Balaban J connectivity index is 1.98. The highest BCUT2D eigenvalue weighted by Crippen LogP contribution is 2.26. The van der Waals surface area contributed by atoms with Crippen molar-refractivity contribution in [2.45, 2.75) is 11.4 Å². The van der Waals surface area contributed by atoms with E-state index < -0.39 is 10.0 Å². The van der Waals surface area contributed by atoms with E-state index in [0.717, 1.165) is 11.3 Å². The van der Waals surface area contributed by atoms with E-state index in [9.17, 15) is 8.42 Å². The highest BCUT2D eigenvalue weighted by molar-refractivity contribution is 7.92. The lowest BCUT2D eigenvalue weighted by Crippen LogP contribution is -2.30. The molecule has 123 valence electrons. The molecular weight excluding hydrogens is 344 g/mol. The van der Waals surface area contributed by atoms with Gasteiger partial charge in [0.05, 0.1) is 24.1 Å². The molecule has 0 saturated heterocycles. The van der Waals surface area contributed by atoms with E-state index in [4.69, 9.17) is 4.74 Å². The Labute approximate surface area is 145 Å². The van der Waals surface area contributed by atoms with Gasteiger partial charge in [-0.25, -0.2) is 17.7 Å². The zero-order chi connectivity index (χ0) is 17.0. The lowest BCUT2D eigenvalue weighted by Gasteiger charge is -2.22. The first-order chi connectivity index (χ1) is 11.6. The fourth-order valence-electron chi connectivity index (χ4n) is 2.17. The van der Waals surface area contributed by atoms with Crippen LogP contribution in [0.2, 0.25) is 0 Å². The van der Waals surface area contributed by atoms with E-state index in [2.05, 4.69) is 11.1 Å². The van der Waals surface area contributed by atoms with Crippen LogP contribution in [0.5, 0.6) is 5.75 Å². The van der Waals surface area contributed by atoms with Crippen molar-refractivity contribution in [1.29, 1.82) is 0 Å². The number of anilines is 1. The summed E-state index contributed by atoms with van der Waals surface area (Å²) in [5.41, 5.74) is 2.45. The van der Waals surface area contributed by atoms with Gasteiger partial charge in [0.2, 0.25) is 0 Å². The predicted molar refractivity (Wildman–Crippen MR) is 93.8 cm³/mol. The summed E-state index contributed by atoms with van der Waals surface area (Å²) < 4.78 is 32.4. The van der Waals surface area contributed by atoms with E-state index in [-0.39, 0.29) is 11.4 Å². The largest absolute Gasteiger partial charge is 0.497 e. The number of benzene rings is 2. The summed E-state index contributed by atoms with van der Waals surface area (Å²) in [6, 6.07) is 16.6. The summed E-state index contributed by atoms with van der Waals surface area (Å²) in [4.78, 5) is 4.28. The van der Waals surface area contributed by atoms with Crippen LogP contribution < -0.4 is 9.04 Å². The fourth-order valence-corrected chi connectivity index (χ4v) is 4.15. The second kappa shape index (κ2) is 7.02. The Hall–Kier alpha value is -2.38. The van der Waals surface area contributed by atoms with Gasteiger partial charge in [-0.1, -0.05) is 30.3 Å². The third kappa shape index (κ3) is 3.42. The average molecular weight is 359 g/mol. The lowest BCUT2D eigenvalue weighted by molar-refractivity contribution is 0.414. The summed E-state index contributed by atoms with van der Waals surface area (Å²) in [6.45, 7) is 0.179. The molecule has 0 aliphatic carbocycles. The molecule has 1 aromatic heterocycles. The normalized spacial score (nSPS) is 11.2. The van der Waals surface area contributed by atoms with E-state index in [1.54, 1.807) is 48.3 Å². The van der Waals surface area contributed by atoms with E-state index in [1.807, 2.05) is 12.1 Å². The second-order valence-corrected chi connectivity index (χ2v) is 7.48. The molecule has 0 N–H and O–H groups in total. The summed E-state index contributed by atoms with van der Waals surface area (Å²) in [5.74, 6) is 1.12. The molecule has 0 unspecified atom stereocenters. The number of aromatic nitrogens is 1. The molecule has 24 heavy (non-hydrogen) atoms. The van der Waals surface area contributed by atoms with Gasteiger partial charge in [-0.15, -0.1) is 11.3 Å². The van der Waals surface area contributed by atoms with Crippen LogP contribution in [-0.4, -0.2) is 20.5 Å². The van der Waals surface area contributed by atoms with Gasteiger partial charge in [-0.3, -0.25) is 0 Å². The van der Waals surface area contributed by atoms with Crippen molar-refractivity contribution in [3.8, 4) is 5.75 Å². The lowest BCUT2D eigenvalue weighted by atomic mass is 10.2. The number of nitrogens with zero attached hydrogens (tertiary/aromatic N) is 2. The van der Waals surface area contributed by atoms with Gasteiger partial charge in [0.1, 0.15) is 5.75 Å². The minimum absolute atomic E-state index is 0.117. The van der Waals surface area contributed by atoms with Gasteiger partial charge in [-0.05, 0) is 23.8 Å². The molecule has 0 amide bonds. The maximum atomic E-state index is 13.0. The van der Waals surface area contributed by atoms with Crippen LogP contribution in [0.15, 0.2) is 64.3 Å². The molecule has 3 rings (SSSR count). The molecule has 0 spiro atoms. The van der Waals surface area contributed by atoms with Gasteiger partial charge in [0, 0.05) is 11.4 Å². The van der Waals surface area contributed by atoms with Gasteiger partial charge in [0.25, 0.3) is 10.0 Å². The number of rotatable bonds is 6. The van der Waals surface area contributed by atoms with Crippen molar-refractivity contribution in [3.63, 3.8) is 0 Å². The molecule has 1 heterocycles. The zero-order valence-corrected chi connectivity index (χ0v) is 14.5. The van der Waals surface area contributed by atoms with Gasteiger partial charge in [-0.2, -0.15) is 0 Å². The smallest absolute Gasteiger partial charge is 0.266 e. The van der Waals surface area contributed by atoms with Crippen LogP contribution in [0.4, 0.5) is 5.82 Å². The molecule has 7 heteroatoms. The summed E-state index contributed by atoms with van der Waals surface area (Å²) in [7, 11) is -2.16. The van der Waals surface area contributed by atoms with Crippen LogP contribution in [-0.2, 0) is 16.6 Å². The molecule has 0 aliphatic heterocycles. The Kier molecular flexibility index (Phi) is 4.82. The SMILES string of the molecule is COc1ccc(CN(c2cscn2)S(=O)(=O)c2[c]cccc2)cc1. The standard InChI is InChI=1S/C17H15N2O3S2/c1-22-15-9-7-14(8-10-15)11-19(17-12-23-13-18-17)24(20,21)16-5-3-2-4-6-16/h2-5,7-10,12-13H,11H2,1H3. The average Bonchev–Trinajstić information content (AvgIpc) is 3.15. The molecule has 5 nitrogen and oxygen atoms in total. The Bertz CT molecular complexity index is 877. The molecule has 0 saturated carbocycles. The zero-order valence-electron chi connectivity index (χ0n) is 12.9. The van der Waals surface area contributed by atoms with Crippen LogP contribution in [0.1, 0.15) is 5.56 Å². The molecule has 3 aromatic rings. The molecule has 0 bridgehead atoms. The van der Waals surface area contributed by atoms with E-state index >= 15 is 0 Å². The van der Waals surface area contributed by atoms with Gasteiger partial charge < -0.3 is 4.74 Å². The third-order valence-corrected chi connectivity index (χ3v) is 5.69. The Morgan fingerprint density at radius 3 is 2.58 bits per heavy atom. The summed E-state index contributed by atoms with van der Waals surface area (Å²) >= 11 is 1.35. The first-order valence-electron chi connectivity index (χ1n) is 7.12. The number of hydrogen-bond donors (Lipinski definition) is 0. The monoisotopic (exact) mass is 359 g/mol. The quantitative estimate of drug-likeness (QED) is 0.677. The predicted octanol–water partition coefficient (Wildman–Crippen LogP) is 3.35.